The van der Waals surface area contributed by atoms with Gasteiger partial charge in [-0.1, -0.05) is 12.1 Å². The maximum Gasteiger partial charge on any atom is 0.435 e. The molecule has 1 fully saturated rings. The topological polar surface area (TPSA) is 146 Å². The third kappa shape index (κ3) is 6.36. The summed E-state index contributed by atoms with van der Waals surface area (Å²) in [7, 11) is -2.65. The molecule has 2 aliphatic rings. The highest BCUT2D eigenvalue weighted by Crippen LogP contribution is 2.68. The first kappa shape index (κ1) is 37.0. The third-order valence-corrected chi connectivity index (χ3v) is 10.8. The minimum atomic E-state index is -5.05. The first-order chi connectivity index (χ1) is 25.2. The molecule has 0 aliphatic heterocycles. The number of aromatic nitrogens is 5. The van der Waals surface area contributed by atoms with E-state index >= 15 is 8.78 Å². The third-order valence-electron chi connectivity index (χ3n) is 9.68. The summed E-state index contributed by atoms with van der Waals surface area (Å²) in [5.74, 6) is -10.8. The lowest BCUT2D eigenvalue weighted by Crippen LogP contribution is -2.34. The smallest absolute Gasteiger partial charge is 0.397 e. The van der Waals surface area contributed by atoms with Crippen LogP contribution in [0.1, 0.15) is 59.8 Å². The summed E-state index contributed by atoms with van der Waals surface area (Å²) in [5, 5.41) is 7.98. The molecule has 0 bridgehead atoms. The van der Waals surface area contributed by atoms with Crippen molar-refractivity contribution in [1.29, 1.82) is 0 Å². The number of nitrogens with two attached hydrogens (primary N) is 1. The zero-order chi connectivity index (χ0) is 39.2. The maximum atomic E-state index is 15.3. The first-order valence-electron chi connectivity index (χ1n) is 16.4. The average molecular weight is 778 g/mol. The van der Waals surface area contributed by atoms with E-state index in [1.165, 1.54) is 30.1 Å². The standard InChI is InChI=1S/C35H30F7N7O4S/c1-16(50)49(54(3,52)53)33-24-6-4-5-23(30(24)47(2)46-33)25-12-21(43)14-44-29(25)18(7-17-8-19(36)11-20(37)9-17)10-22(51)15-48-32-28(31(45-48)35(40,41)42)26-13-27(26)34(32,38)39/h4-6,8-9,11-12,14,18,26-27H,7,10,13,15,43H2,1-3H3/t18-,26+,27-/m1/s1. The van der Waals surface area contributed by atoms with E-state index in [9.17, 15) is 40.0 Å². The van der Waals surface area contributed by atoms with Gasteiger partial charge in [0.1, 0.15) is 23.9 Å². The van der Waals surface area contributed by atoms with Crippen LogP contribution in [0.15, 0.2) is 48.7 Å². The number of aryl methyl sites for hydroxylation is 1. The van der Waals surface area contributed by atoms with Crippen LogP contribution in [-0.4, -0.2) is 50.9 Å². The molecule has 2 aliphatic carbocycles. The number of sulfonamides is 1. The molecule has 2 N–H and O–H groups in total. The minimum absolute atomic E-state index is 0.0760. The lowest BCUT2D eigenvalue weighted by atomic mass is 9.86. The van der Waals surface area contributed by atoms with Gasteiger partial charge in [-0.25, -0.2) is 17.2 Å². The number of halogens is 7. The highest BCUT2D eigenvalue weighted by atomic mass is 32.2. The number of anilines is 2. The van der Waals surface area contributed by atoms with Gasteiger partial charge in [-0.05, 0) is 48.6 Å². The number of carbonyl (C=O) groups is 2. The van der Waals surface area contributed by atoms with Gasteiger partial charge in [-0.3, -0.25) is 23.9 Å². The zero-order valence-corrected chi connectivity index (χ0v) is 29.4. The Morgan fingerprint density at radius 2 is 1.76 bits per heavy atom. The summed E-state index contributed by atoms with van der Waals surface area (Å²) in [4.78, 5) is 30.8. The van der Waals surface area contributed by atoms with Gasteiger partial charge in [0.25, 0.3) is 5.92 Å². The van der Waals surface area contributed by atoms with Gasteiger partial charge in [0.05, 0.1) is 29.4 Å². The SMILES string of the molecule is CC(=O)N(c1nn(C)c2c(-c3cc(N)cnc3[C@@H](CC(=O)Cn3nc(C(F)(F)F)c4c3C(F)(F)[C@@H]3C[C@H]43)Cc3cc(F)cc(F)c3)cccc12)S(C)(=O)=O. The van der Waals surface area contributed by atoms with Gasteiger partial charge >= 0.3 is 6.18 Å². The summed E-state index contributed by atoms with van der Waals surface area (Å²) in [6.45, 7) is 0.0896. The Morgan fingerprint density at radius 3 is 2.39 bits per heavy atom. The molecule has 2 aromatic carbocycles. The lowest BCUT2D eigenvalue weighted by molar-refractivity contribution is -0.142. The number of amides is 1. The maximum absolute atomic E-state index is 15.3. The fourth-order valence-corrected chi connectivity index (χ4v) is 8.55. The van der Waals surface area contributed by atoms with Gasteiger partial charge in [0, 0.05) is 60.4 Å². The van der Waals surface area contributed by atoms with Crippen LogP contribution < -0.4 is 10.0 Å². The molecular weight excluding hydrogens is 747 g/mol. The number of nitrogen functional groups attached to an aromatic ring is 1. The number of benzene rings is 2. The van der Waals surface area contributed by atoms with E-state index in [-0.39, 0.29) is 46.6 Å². The molecule has 1 saturated carbocycles. The predicted molar refractivity (Wildman–Crippen MR) is 181 cm³/mol. The van der Waals surface area contributed by atoms with Crippen LogP contribution in [0.2, 0.25) is 0 Å². The molecular formula is C35H30F7N7O4S. The van der Waals surface area contributed by atoms with Crippen molar-refractivity contribution in [3.63, 3.8) is 0 Å². The largest absolute Gasteiger partial charge is 0.435 e. The molecule has 1 amide bonds. The molecule has 284 valence electrons. The molecule has 0 spiro atoms. The molecule has 0 radical (unpaired) electrons. The number of hydrogen-bond acceptors (Lipinski definition) is 8. The van der Waals surface area contributed by atoms with Crippen LogP contribution in [-0.2, 0) is 51.7 Å². The molecule has 19 heteroatoms. The second-order valence-corrected chi connectivity index (χ2v) is 15.5. The summed E-state index contributed by atoms with van der Waals surface area (Å²) < 4.78 is 129. The number of Topliss-reactive ketones (excluding diaryl/α,β-unsaturated/α-hetero) is 1. The van der Waals surface area contributed by atoms with Crippen molar-refractivity contribution in [1.82, 2.24) is 24.5 Å². The van der Waals surface area contributed by atoms with Crippen molar-refractivity contribution < 1.29 is 48.7 Å². The second kappa shape index (κ2) is 12.6. The van der Waals surface area contributed by atoms with Crippen LogP contribution in [0.3, 0.4) is 0 Å². The number of hydrogen-bond donors (Lipinski definition) is 1. The predicted octanol–water partition coefficient (Wildman–Crippen LogP) is 6.22. The number of para-hydroxylation sites is 1. The van der Waals surface area contributed by atoms with E-state index in [1.807, 2.05) is 0 Å². The summed E-state index contributed by atoms with van der Waals surface area (Å²) in [5.41, 5.74) is 4.35. The molecule has 54 heavy (non-hydrogen) atoms. The zero-order valence-electron chi connectivity index (χ0n) is 28.6. The van der Waals surface area contributed by atoms with Gasteiger partial charge in [-0.2, -0.15) is 36.5 Å². The number of fused-ring (bicyclic) bond motifs is 4. The fourth-order valence-electron chi connectivity index (χ4n) is 7.64. The summed E-state index contributed by atoms with van der Waals surface area (Å²) >= 11 is 0. The normalized spacial score (nSPS) is 18.0. The van der Waals surface area contributed by atoms with Crippen LogP contribution in [0, 0.1) is 17.6 Å². The summed E-state index contributed by atoms with van der Waals surface area (Å²) in [6.07, 6.45) is -3.91. The summed E-state index contributed by atoms with van der Waals surface area (Å²) in [6, 6.07) is 8.84. The molecule has 3 heterocycles. The van der Waals surface area contributed by atoms with Crippen molar-refractivity contribution in [2.45, 2.75) is 56.7 Å². The van der Waals surface area contributed by atoms with Crippen molar-refractivity contribution >= 4 is 44.1 Å². The van der Waals surface area contributed by atoms with Gasteiger partial charge < -0.3 is 5.73 Å². The van der Waals surface area contributed by atoms with E-state index in [1.54, 1.807) is 12.1 Å². The van der Waals surface area contributed by atoms with Gasteiger partial charge in [0.2, 0.25) is 15.9 Å². The average Bonchev–Trinajstić information content (AvgIpc) is 3.58. The van der Waals surface area contributed by atoms with Crippen LogP contribution in [0.5, 0.6) is 0 Å². The number of nitrogens with zero attached hydrogens (tertiary/aromatic N) is 6. The van der Waals surface area contributed by atoms with Crippen molar-refractivity contribution in [2.75, 3.05) is 16.3 Å². The molecule has 11 nitrogen and oxygen atoms in total. The van der Waals surface area contributed by atoms with Crippen LogP contribution in [0.4, 0.5) is 42.2 Å². The highest BCUT2D eigenvalue weighted by Gasteiger charge is 2.68. The molecule has 0 unspecified atom stereocenters. The quantitative estimate of drug-likeness (QED) is 0.165. The van der Waals surface area contributed by atoms with Crippen LogP contribution >= 0.6 is 0 Å². The molecule has 0 saturated heterocycles. The lowest BCUT2D eigenvalue weighted by Gasteiger charge is -2.21. The Morgan fingerprint density at radius 1 is 1.07 bits per heavy atom. The number of pyridine rings is 1. The van der Waals surface area contributed by atoms with E-state index in [0.29, 0.717) is 26.1 Å². The Labute approximate surface area is 302 Å². The first-order valence-corrected chi connectivity index (χ1v) is 18.3. The minimum Gasteiger partial charge on any atom is -0.397 e. The Bertz CT molecular complexity index is 2480. The van der Waals surface area contributed by atoms with Gasteiger partial charge in [0.15, 0.2) is 17.3 Å². The fraction of sp³-hybridized carbons (Fsp3) is 0.343. The molecule has 5 aromatic rings. The van der Waals surface area contributed by atoms with Crippen molar-refractivity contribution in [3.05, 3.63) is 88.5 Å². The Balaban J connectivity index is 1.34. The number of rotatable bonds is 10. The van der Waals surface area contributed by atoms with E-state index in [0.717, 1.165) is 25.3 Å². The Hall–Kier alpha value is -5.33. The van der Waals surface area contributed by atoms with E-state index in [4.69, 9.17) is 5.73 Å². The molecule has 3 aromatic heterocycles. The molecule has 3 atom stereocenters. The van der Waals surface area contributed by atoms with Crippen molar-refractivity contribution in [3.8, 4) is 11.1 Å². The number of carbonyl (C=O) groups excluding carboxylic acids is 2. The number of alkyl halides is 5. The van der Waals surface area contributed by atoms with Crippen molar-refractivity contribution in [2.24, 2.45) is 13.0 Å². The highest BCUT2D eigenvalue weighted by molar-refractivity contribution is 7.92. The number of ketones is 1. The van der Waals surface area contributed by atoms with E-state index < -0.39 is 93.1 Å². The Kier molecular flexibility index (Phi) is 8.65. The second-order valence-electron chi connectivity index (χ2n) is 13.7. The molecule has 7 rings (SSSR count). The van der Waals surface area contributed by atoms with Crippen LogP contribution in [0.25, 0.3) is 22.0 Å². The monoisotopic (exact) mass is 777 g/mol. The van der Waals surface area contributed by atoms with E-state index in [2.05, 4.69) is 15.2 Å². The van der Waals surface area contributed by atoms with Gasteiger partial charge in [-0.15, -0.1) is 0 Å².